The zero-order chi connectivity index (χ0) is 12.3. The highest BCUT2D eigenvalue weighted by Crippen LogP contribution is 2.28. The fourth-order valence-corrected chi connectivity index (χ4v) is 0.893. The Morgan fingerprint density at radius 2 is 2.19 bits per heavy atom. The maximum absolute atomic E-state index is 11.9. The number of anilines is 1. The molecule has 0 radical (unpaired) electrons. The van der Waals surface area contributed by atoms with Gasteiger partial charge in [-0.05, 0) is 6.07 Å². The van der Waals surface area contributed by atoms with E-state index < -0.39 is 23.6 Å². The predicted molar refractivity (Wildman–Crippen MR) is 45.4 cm³/mol. The van der Waals surface area contributed by atoms with E-state index in [-0.39, 0.29) is 11.8 Å². The molecule has 1 rings (SSSR count). The fraction of sp³-hybridized carbons (Fsp3) is 0.125. The topological polar surface area (TPSA) is 89.0 Å². The first kappa shape index (κ1) is 11.8. The summed E-state index contributed by atoms with van der Waals surface area (Å²) in [5.74, 6) is -1.01. The highest BCUT2D eigenvalue weighted by Gasteiger charge is 2.33. The van der Waals surface area contributed by atoms with Crippen LogP contribution in [0.1, 0.15) is 16.1 Å². The van der Waals surface area contributed by atoms with Crippen LogP contribution in [0.3, 0.4) is 0 Å². The molecule has 0 atom stereocenters. The zero-order valence-corrected chi connectivity index (χ0v) is 7.58. The van der Waals surface area contributed by atoms with Crippen molar-refractivity contribution in [1.82, 2.24) is 4.98 Å². The first-order valence-electron chi connectivity index (χ1n) is 3.79. The molecule has 0 amide bonds. The molecule has 0 unspecified atom stereocenters. The van der Waals surface area contributed by atoms with Gasteiger partial charge in [0.15, 0.2) is 6.29 Å². The molecule has 0 saturated heterocycles. The van der Waals surface area contributed by atoms with Crippen molar-refractivity contribution >= 4 is 12.0 Å². The van der Waals surface area contributed by atoms with E-state index in [9.17, 15) is 18.0 Å². The number of aldehydes is 1. The van der Waals surface area contributed by atoms with Crippen LogP contribution < -0.4 is 10.5 Å². The van der Waals surface area contributed by atoms with Gasteiger partial charge in [0.25, 0.3) is 0 Å². The Bertz CT molecular complexity index is 465. The molecule has 0 aliphatic carbocycles. The van der Waals surface area contributed by atoms with Crippen LogP contribution in [0.2, 0.25) is 0 Å². The highest BCUT2D eigenvalue weighted by atomic mass is 19.4. The Morgan fingerprint density at radius 3 is 2.62 bits per heavy atom. The number of rotatable bonds is 2. The van der Waals surface area contributed by atoms with Crippen molar-refractivity contribution in [2.75, 3.05) is 5.73 Å². The van der Waals surface area contributed by atoms with Crippen molar-refractivity contribution in [1.29, 1.82) is 5.26 Å². The predicted octanol–water partition coefficient (Wildman–Crippen LogP) is 1.25. The average molecular weight is 231 g/mol. The second-order valence-corrected chi connectivity index (χ2v) is 2.59. The van der Waals surface area contributed by atoms with Crippen LogP contribution in [0.15, 0.2) is 6.07 Å². The summed E-state index contributed by atoms with van der Waals surface area (Å²) >= 11 is 0. The van der Waals surface area contributed by atoms with E-state index in [1.807, 2.05) is 0 Å². The standard InChI is InChI=1S/C8H4F3N3O2/c9-8(10,11)16-7-6(13)4(3-15)1-5(2-12)14-7/h1,3H,13H2. The van der Waals surface area contributed by atoms with Crippen molar-refractivity contribution in [3.63, 3.8) is 0 Å². The average Bonchev–Trinajstić information content (AvgIpc) is 2.19. The number of nitriles is 1. The third-order valence-electron chi connectivity index (χ3n) is 1.51. The Hall–Kier alpha value is -2.30. The van der Waals surface area contributed by atoms with Gasteiger partial charge in [0.2, 0.25) is 5.88 Å². The molecule has 16 heavy (non-hydrogen) atoms. The highest BCUT2D eigenvalue weighted by molar-refractivity contribution is 5.85. The van der Waals surface area contributed by atoms with Crippen molar-refractivity contribution < 1.29 is 22.7 Å². The van der Waals surface area contributed by atoms with E-state index in [1.54, 1.807) is 0 Å². The van der Waals surface area contributed by atoms with Crippen molar-refractivity contribution in [3.05, 3.63) is 17.3 Å². The summed E-state index contributed by atoms with van der Waals surface area (Å²) < 4.78 is 39.2. The molecule has 0 saturated carbocycles. The van der Waals surface area contributed by atoms with Crippen LogP contribution in [0, 0.1) is 11.3 Å². The van der Waals surface area contributed by atoms with Gasteiger partial charge in [-0.2, -0.15) is 5.26 Å². The smallest absolute Gasteiger partial charge is 0.394 e. The van der Waals surface area contributed by atoms with E-state index in [0.717, 1.165) is 6.07 Å². The maximum Gasteiger partial charge on any atom is 0.574 e. The Morgan fingerprint density at radius 1 is 1.56 bits per heavy atom. The summed E-state index contributed by atoms with van der Waals surface area (Å²) in [4.78, 5) is 13.7. The van der Waals surface area contributed by atoms with E-state index in [4.69, 9.17) is 11.0 Å². The van der Waals surface area contributed by atoms with Crippen molar-refractivity contribution in [2.45, 2.75) is 6.36 Å². The number of nitrogens with two attached hydrogens (primary N) is 1. The SMILES string of the molecule is N#Cc1cc(C=O)c(N)c(OC(F)(F)F)n1. The van der Waals surface area contributed by atoms with Crippen LogP contribution in [-0.4, -0.2) is 17.6 Å². The van der Waals surface area contributed by atoms with Crippen molar-refractivity contribution in [2.24, 2.45) is 0 Å². The maximum atomic E-state index is 11.9. The van der Waals surface area contributed by atoms with Crippen LogP contribution >= 0.6 is 0 Å². The molecule has 8 heteroatoms. The molecular weight excluding hydrogens is 227 g/mol. The zero-order valence-electron chi connectivity index (χ0n) is 7.58. The van der Waals surface area contributed by atoms with Gasteiger partial charge in [-0.1, -0.05) is 0 Å². The minimum Gasteiger partial charge on any atom is -0.394 e. The number of nitrogens with zero attached hydrogens (tertiary/aromatic N) is 2. The summed E-state index contributed by atoms with van der Waals surface area (Å²) in [5.41, 5.74) is 3.95. The summed E-state index contributed by atoms with van der Waals surface area (Å²) in [6.45, 7) is 0. The number of pyridine rings is 1. The van der Waals surface area contributed by atoms with Crippen LogP contribution in [-0.2, 0) is 0 Å². The number of ether oxygens (including phenoxy) is 1. The molecule has 1 aromatic heterocycles. The number of aromatic nitrogens is 1. The number of halogens is 3. The van der Waals surface area contributed by atoms with Gasteiger partial charge in [0, 0.05) is 5.56 Å². The molecule has 1 aromatic rings. The normalized spacial score (nSPS) is 10.6. The van der Waals surface area contributed by atoms with E-state index in [2.05, 4.69) is 9.72 Å². The van der Waals surface area contributed by atoms with Gasteiger partial charge in [0.1, 0.15) is 17.5 Å². The van der Waals surface area contributed by atoms with Crippen molar-refractivity contribution in [3.8, 4) is 11.9 Å². The summed E-state index contributed by atoms with van der Waals surface area (Å²) in [5, 5.41) is 8.47. The summed E-state index contributed by atoms with van der Waals surface area (Å²) in [6, 6.07) is 2.45. The van der Waals surface area contributed by atoms with Gasteiger partial charge in [0.05, 0.1) is 0 Å². The van der Waals surface area contributed by atoms with Gasteiger partial charge < -0.3 is 10.5 Å². The Balaban J connectivity index is 3.28. The molecule has 0 aromatic carbocycles. The third kappa shape index (κ3) is 2.60. The summed E-state index contributed by atoms with van der Waals surface area (Å²) in [6.07, 6.45) is -4.78. The molecule has 2 N–H and O–H groups in total. The van der Waals surface area contributed by atoms with Gasteiger partial charge in [-0.15, -0.1) is 13.2 Å². The Kier molecular flexibility index (Phi) is 2.99. The van der Waals surface area contributed by atoms with E-state index >= 15 is 0 Å². The lowest BCUT2D eigenvalue weighted by Crippen LogP contribution is -2.19. The molecule has 0 spiro atoms. The molecule has 5 nitrogen and oxygen atoms in total. The number of hydrogen-bond donors (Lipinski definition) is 1. The van der Waals surface area contributed by atoms with Crippen LogP contribution in [0.5, 0.6) is 5.88 Å². The lowest BCUT2D eigenvalue weighted by molar-refractivity contribution is -0.275. The monoisotopic (exact) mass is 231 g/mol. The molecule has 0 aliphatic rings. The second kappa shape index (κ2) is 4.06. The first-order valence-corrected chi connectivity index (χ1v) is 3.79. The van der Waals surface area contributed by atoms with Crippen LogP contribution in [0.25, 0.3) is 0 Å². The summed E-state index contributed by atoms with van der Waals surface area (Å²) in [7, 11) is 0. The van der Waals surface area contributed by atoms with Gasteiger partial charge in [-0.3, -0.25) is 4.79 Å². The Labute approximate surface area is 87.3 Å². The molecule has 84 valence electrons. The number of carbonyl (C=O) groups excluding carboxylic acids is 1. The molecule has 0 aliphatic heterocycles. The number of carbonyl (C=O) groups is 1. The second-order valence-electron chi connectivity index (χ2n) is 2.59. The number of nitrogen functional groups attached to an aromatic ring is 1. The van der Waals surface area contributed by atoms with Gasteiger partial charge >= 0.3 is 6.36 Å². The van der Waals surface area contributed by atoms with Crippen LogP contribution in [0.4, 0.5) is 18.9 Å². The quantitative estimate of drug-likeness (QED) is 0.773. The minimum absolute atomic E-state index is 0.209. The largest absolute Gasteiger partial charge is 0.574 e. The molecule has 1 heterocycles. The number of hydrogen-bond acceptors (Lipinski definition) is 5. The van der Waals surface area contributed by atoms with E-state index in [1.165, 1.54) is 6.07 Å². The van der Waals surface area contributed by atoms with Gasteiger partial charge in [-0.25, -0.2) is 4.98 Å². The lowest BCUT2D eigenvalue weighted by Gasteiger charge is -2.10. The fourth-order valence-electron chi connectivity index (χ4n) is 0.893. The molecule has 0 fully saturated rings. The molecule has 0 bridgehead atoms. The lowest BCUT2D eigenvalue weighted by atomic mass is 10.2. The third-order valence-corrected chi connectivity index (χ3v) is 1.51. The molecular formula is C8H4F3N3O2. The van der Waals surface area contributed by atoms with E-state index in [0.29, 0.717) is 0 Å². The minimum atomic E-state index is -4.99. The number of alkyl halides is 3. The first-order chi connectivity index (χ1) is 7.37.